The largest absolute Gasteiger partial charge is 0.493 e. The summed E-state index contributed by atoms with van der Waals surface area (Å²) in [5.74, 6) is 5.54. The van der Waals surface area contributed by atoms with Gasteiger partial charge in [-0.1, -0.05) is 18.6 Å². The first-order valence-corrected chi connectivity index (χ1v) is 5.46. The molecule has 0 heterocycles. The Morgan fingerprint density at radius 1 is 1.47 bits per heavy atom. The second kappa shape index (κ2) is 6.27. The van der Waals surface area contributed by atoms with Crippen LogP contribution >= 0.6 is 0 Å². The number of ether oxygens (including phenoxy) is 1. The summed E-state index contributed by atoms with van der Waals surface area (Å²) in [5, 5.41) is 22.1. The van der Waals surface area contributed by atoms with E-state index in [9.17, 15) is 10.0 Å². The molecule has 0 aliphatic heterocycles. The van der Waals surface area contributed by atoms with Gasteiger partial charge in [-0.2, -0.15) is 5.10 Å². The van der Waals surface area contributed by atoms with Crippen molar-refractivity contribution in [2.75, 3.05) is 6.61 Å². The maximum atomic E-state index is 9.32. The fourth-order valence-electron chi connectivity index (χ4n) is 1.57. The Kier molecular flexibility index (Phi) is 4.99. The van der Waals surface area contributed by atoms with Crippen LogP contribution in [-0.4, -0.2) is 30.0 Å². The van der Waals surface area contributed by atoms with Crippen molar-refractivity contribution in [3.8, 4) is 5.75 Å². The summed E-state index contributed by atoms with van der Waals surface area (Å²) in [6.45, 7) is 4.32. The highest BCUT2D eigenvalue weighted by Crippen LogP contribution is 2.17. The highest BCUT2D eigenvalue weighted by Gasteiger charge is 2.20. The fraction of sp³-hybridized carbons (Fsp3) is 0.364. The van der Waals surface area contributed by atoms with E-state index in [1.165, 1.54) is 6.21 Å². The Balaban J connectivity index is 3.25. The van der Waals surface area contributed by atoms with E-state index in [0.717, 1.165) is 12.0 Å². The first-order chi connectivity index (χ1) is 8.10. The summed E-state index contributed by atoms with van der Waals surface area (Å²) in [4.78, 5) is 0. The van der Waals surface area contributed by atoms with E-state index in [1.807, 2.05) is 19.9 Å². The predicted molar refractivity (Wildman–Crippen MR) is 68.6 cm³/mol. The van der Waals surface area contributed by atoms with Gasteiger partial charge in [-0.3, -0.25) is 0 Å². The van der Waals surface area contributed by atoms with Crippen LogP contribution in [0.5, 0.6) is 5.75 Å². The molecule has 4 N–H and O–H groups in total. The predicted octanol–water partition coefficient (Wildman–Crippen LogP) is -0.244. The van der Waals surface area contributed by atoms with Gasteiger partial charge in [-0.15, -0.1) is 0 Å². The van der Waals surface area contributed by atoms with E-state index in [1.54, 1.807) is 6.07 Å². The number of hydrogen-bond acceptors (Lipinski definition) is 5. The molecule has 0 unspecified atom stereocenters. The molecule has 1 aromatic carbocycles. The first-order valence-electron chi connectivity index (χ1n) is 5.46. The van der Waals surface area contributed by atoms with Crippen molar-refractivity contribution in [3.05, 3.63) is 23.3 Å². The quantitative estimate of drug-likeness (QED) is 0.285. The first kappa shape index (κ1) is 13.5. The molecule has 0 aromatic heterocycles. The highest BCUT2D eigenvalue weighted by atomic mass is 16.5. The molecule has 5 nitrogen and oxygen atoms in total. The average molecular weight is 236 g/mol. The zero-order chi connectivity index (χ0) is 12.8. The lowest BCUT2D eigenvalue weighted by molar-refractivity contribution is 0.317. The molecule has 0 aliphatic carbocycles. The third-order valence-corrected chi connectivity index (χ3v) is 2.23. The number of nitrogens with two attached hydrogens (primary N) is 1. The molecular weight excluding hydrogens is 219 g/mol. The molecule has 0 atom stereocenters. The lowest BCUT2D eigenvalue weighted by atomic mass is 9.77. The second-order valence-corrected chi connectivity index (χ2v) is 3.77. The van der Waals surface area contributed by atoms with Gasteiger partial charge in [0.2, 0.25) is 0 Å². The summed E-state index contributed by atoms with van der Waals surface area (Å²) >= 11 is 0. The van der Waals surface area contributed by atoms with E-state index in [4.69, 9.17) is 10.6 Å². The topological polar surface area (TPSA) is 88.1 Å². The summed E-state index contributed by atoms with van der Waals surface area (Å²) in [6, 6.07) is 3.50. The molecule has 1 aromatic rings. The molecule has 1 rings (SSSR count). The zero-order valence-corrected chi connectivity index (χ0v) is 10.1. The Morgan fingerprint density at radius 2 is 2.18 bits per heavy atom. The van der Waals surface area contributed by atoms with E-state index in [-0.39, 0.29) is 0 Å². The maximum absolute atomic E-state index is 9.32. The SMILES string of the molecule is CCCOc1c(C=NN)cc(C)cc1B(O)O. The van der Waals surface area contributed by atoms with Crippen LogP contribution in [0.3, 0.4) is 0 Å². The van der Waals surface area contributed by atoms with Gasteiger partial charge >= 0.3 is 7.12 Å². The van der Waals surface area contributed by atoms with Crippen molar-refractivity contribution in [2.24, 2.45) is 10.9 Å². The molecule has 0 bridgehead atoms. The van der Waals surface area contributed by atoms with Crippen LogP contribution < -0.4 is 16.0 Å². The summed E-state index contributed by atoms with van der Waals surface area (Å²) in [7, 11) is -1.58. The molecule has 0 saturated carbocycles. The lowest BCUT2D eigenvalue weighted by Gasteiger charge is -2.14. The number of rotatable bonds is 5. The van der Waals surface area contributed by atoms with Crippen LogP contribution in [0.15, 0.2) is 17.2 Å². The Bertz CT molecular complexity index is 408. The van der Waals surface area contributed by atoms with Crippen molar-refractivity contribution in [3.63, 3.8) is 0 Å². The minimum atomic E-state index is -1.58. The average Bonchev–Trinajstić information content (AvgIpc) is 2.27. The van der Waals surface area contributed by atoms with Crippen LogP contribution in [0.2, 0.25) is 0 Å². The highest BCUT2D eigenvalue weighted by molar-refractivity contribution is 6.60. The molecule has 0 amide bonds. The van der Waals surface area contributed by atoms with Crippen molar-refractivity contribution in [1.29, 1.82) is 0 Å². The minimum Gasteiger partial charge on any atom is -0.493 e. The third kappa shape index (κ3) is 3.47. The van der Waals surface area contributed by atoms with Gasteiger partial charge in [0.15, 0.2) is 0 Å². The monoisotopic (exact) mass is 236 g/mol. The van der Waals surface area contributed by atoms with Gasteiger partial charge in [0.05, 0.1) is 12.8 Å². The van der Waals surface area contributed by atoms with Gasteiger partial charge in [0.25, 0.3) is 0 Å². The molecular formula is C11H17BN2O3. The van der Waals surface area contributed by atoms with Gasteiger partial charge < -0.3 is 20.6 Å². The smallest absolute Gasteiger partial charge is 0.492 e. The fourth-order valence-corrected chi connectivity index (χ4v) is 1.57. The van der Waals surface area contributed by atoms with Crippen molar-refractivity contribution < 1.29 is 14.8 Å². The molecule has 0 saturated heterocycles. The zero-order valence-electron chi connectivity index (χ0n) is 10.1. The standard InChI is InChI=1S/C11H17BN2O3/c1-3-4-17-11-9(7-14-13)5-8(2)6-10(11)12(15)16/h5-7,15-16H,3-4,13H2,1-2H3. The number of benzene rings is 1. The van der Waals surface area contributed by atoms with Crippen LogP contribution in [0, 0.1) is 6.92 Å². The van der Waals surface area contributed by atoms with Crippen LogP contribution in [0.25, 0.3) is 0 Å². The van der Waals surface area contributed by atoms with E-state index in [0.29, 0.717) is 23.4 Å². The summed E-state index contributed by atoms with van der Waals surface area (Å²) in [5.41, 5.74) is 1.85. The van der Waals surface area contributed by atoms with E-state index >= 15 is 0 Å². The van der Waals surface area contributed by atoms with Gasteiger partial charge in [-0.05, 0) is 19.4 Å². The summed E-state index contributed by atoms with van der Waals surface area (Å²) < 4.78 is 5.52. The van der Waals surface area contributed by atoms with Crippen molar-refractivity contribution in [1.82, 2.24) is 0 Å². The molecule has 92 valence electrons. The van der Waals surface area contributed by atoms with Crippen molar-refractivity contribution >= 4 is 18.8 Å². The van der Waals surface area contributed by atoms with Gasteiger partial charge in [-0.25, -0.2) is 0 Å². The number of nitrogens with zero attached hydrogens (tertiary/aromatic N) is 1. The number of hydrazone groups is 1. The number of hydrogen-bond donors (Lipinski definition) is 3. The molecule has 17 heavy (non-hydrogen) atoms. The van der Waals surface area contributed by atoms with Gasteiger partial charge in [0, 0.05) is 11.0 Å². The third-order valence-electron chi connectivity index (χ3n) is 2.23. The van der Waals surface area contributed by atoms with Gasteiger partial charge in [0.1, 0.15) is 5.75 Å². The minimum absolute atomic E-state index is 0.327. The second-order valence-electron chi connectivity index (χ2n) is 3.77. The van der Waals surface area contributed by atoms with Crippen LogP contribution in [0.4, 0.5) is 0 Å². The van der Waals surface area contributed by atoms with Crippen LogP contribution in [-0.2, 0) is 0 Å². The summed E-state index contributed by atoms with van der Waals surface area (Å²) in [6.07, 6.45) is 2.26. The lowest BCUT2D eigenvalue weighted by Crippen LogP contribution is -2.32. The van der Waals surface area contributed by atoms with Crippen LogP contribution in [0.1, 0.15) is 24.5 Å². The van der Waals surface area contributed by atoms with Crippen molar-refractivity contribution in [2.45, 2.75) is 20.3 Å². The Labute approximate surface area is 101 Å². The maximum Gasteiger partial charge on any atom is 0.492 e. The molecule has 0 aliphatic rings. The molecule has 0 radical (unpaired) electrons. The normalized spacial score (nSPS) is 10.8. The Hall–Kier alpha value is -1.53. The van der Waals surface area contributed by atoms with E-state index in [2.05, 4.69) is 5.10 Å². The molecule has 0 fully saturated rings. The number of aryl methyl sites for hydroxylation is 1. The molecule has 0 spiro atoms. The molecule has 6 heteroatoms. The Morgan fingerprint density at radius 3 is 2.71 bits per heavy atom. The van der Waals surface area contributed by atoms with E-state index < -0.39 is 7.12 Å².